The zero-order valence-electron chi connectivity index (χ0n) is 11.7. The first-order valence-electron chi connectivity index (χ1n) is 6.75. The highest BCUT2D eigenvalue weighted by Gasteiger charge is 2.13. The Morgan fingerprint density at radius 1 is 1.41 bits per heavy atom. The van der Waals surface area contributed by atoms with Gasteiger partial charge >= 0.3 is 0 Å². The van der Waals surface area contributed by atoms with Crippen LogP contribution in [0.1, 0.15) is 18.4 Å². The molecule has 0 saturated carbocycles. The fourth-order valence-electron chi connectivity index (χ4n) is 2.26. The van der Waals surface area contributed by atoms with Crippen molar-refractivity contribution in [1.29, 1.82) is 0 Å². The number of carbonyl (C=O) groups is 1. The van der Waals surface area contributed by atoms with Gasteiger partial charge in [0.1, 0.15) is 0 Å². The van der Waals surface area contributed by atoms with Gasteiger partial charge in [0.05, 0.1) is 21.1 Å². The molecule has 0 radical (unpaired) electrons. The van der Waals surface area contributed by atoms with Crippen molar-refractivity contribution in [2.75, 3.05) is 13.1 Å². The number of nitrogens with one attached hydrogen (secondary N) is 2. The molecule has 2 N–H and O–H groups in total. The minimum absolute atomic E-state index is 0. The van der Waals surface area contributed by atoms with Gasteiger partial charge in [-0.1, -0.05) is 11.6 Å². The Bertz CT molecular complexity index is 661. The molecule has 22 heavy (non-hydrogen) atoms. The second kappa shape index (κ2) is 7.78. The predicted octanol–water partition coefficient (Wildman–Crippen LogP) is 3.35. The molecule has 3 rings (SSSR count). The molecule has 0 bridgehead atoms. The molecule has 8 heteroatoms. The van der Waals surface area contributed by atoms with E-state index in [0.29, 0.717) is 0 Å². The first-order chi connectivity index (χ1) is 10.2. The van der Waals surface area contributed by atoms with Gasteiger partial charge in [-0.25, -0.2) is 5.01 Å². The zero-order valence-corrected chi connectivity index (χ0v) is 14.1. The normalized spacial score (nSPS) is 15.1. The molecule has 0 aromatic carbocycles. The van der Waals surface area contributed by atoms with Gasteiger partial charge in [-0.2, -0.15) is 5.10 Å². The number of aromatic nitrogens is 2. The van der Waals surface area contributed by atoms with Gasteiger partial charge in [-0.15, -0.1) is 23.7 Å². The monoisotopic (exact) mass is 358 g/mol. The Balaban J connectivity index is 0.00000176. The average Bonchev–Trinajstić information content (AvgIpc) is 3.17. The lowest BCUT2D eigenvalue weighted by Gasteiger charge is -2.14. The third-order valence-electron chi connectivity index (χ3n) is 3.28. The molecule has 0 atom stereocenters. The Morgan fingerprint density at radius 2 is 2.18 bits per heavy atom. The van der Waals surface area contributed by atoms with E-state index in [-0.39, 0.29) is 18.3 Å². The molecule has 1 aliphatic rings. The molecule has 118 valence electrons. The summed E-state index contributed by atoms with van der Waals surface area (Å²) in [4.78, 5) is 12.9. The lowest BCUT2D eigenvalue weighted by Crippen LogP contribution is -2.38. The Morgan fingerprint density at radius 3 is 2.86 bits per heavy atom. The highest BCUT2D eigenvalue weighted by Crippen LogP contribution is 2.31. The van der Waals surface area contributed by atoms with Gasteiger partial charge in [0.2, 0.25) is 0 Å². The van der Waals surface area contributed by atoms with Crippen molar-refractivity contribution in [1.82, 2.24) is 20.6 Å². The maximum atomic E-state index is 11.9. The molecule has 0 aliphatic carbocycles. The largest absolute Gasteiger partial charge is 0.285 e. The van der Waals surface area contributed by atoms with Crippen LogP contribution in [-0.4, -0.2) is 34.2 Å². The first kappa shape index (κ1) is 17.0. The number of hydrazine groups is 1. The number of carbonyl (C=O) groups excluding carboxylic acids is 1. The molecular formula is C14H16Cl2N4OS. The van der Waals surface area contributed by atoms with Crippen molar-refractivity contribution in [3.8, 4) is 10.6 Å². The minimum atomic E-state index is -0.117. The van der Waals surface area contributed by atoms with E-state index in [0.717, 1.165) is 46.4 Å². The number of aromatic amines is 1. The number of halogens is 2. The number of amides is 1. The number of hydrogen-bond acceptors (Lipinski definition) is 4. The number of hydrogen-bond donors (Lipinski definition) is 2. The van der Waals surface area contributed by atoms with Crippen molar-refractivity contribution in [2.45, 2.75) is 12.8 Å². The summed E-state index contributed by atoms with van der Waals surface area (Å²) in [5.41, 5.74) is 4.60. The van der Waals surface area contributed by atoms with Gasteiger partial charge in [-0.3, -0.25) is 15.3 Å². The molecule has 1 amide bonds. The summed E-state index contributed by atoms with van der Waals surface area (Å²) in [6, 6.07) is 3.78. The maximum Gasteiger partial charge on any atom is 0.258 e. The first-order valence-corrected chi connectivity index (χ1v) is 7.94. The van der Waals surface area contributed by atoms with Crippen LogP contribution in [0, 0.1) is 0 Å². The third kappa shape index (κ3) is 4.10. The van der Waals surface area contributed by atoms with E-state index in [2.05, 4.69) is 15.6 Å². The summed E-state index contributed by atoms with van der Waals surface area (Å²) in [6.07, 6.45) is 7.26. The van der Waals surface area contributed by atoms with Crippen LogP contribution in [0.4, 0.5) is 0 Å². The summed E-state index contributed by atoms with van der Waals surface area (Å²) in [6.45, 7) is 1.84. The Hall–Kier alpha value is -1.34. The van der Waals surface area contributed by atoms with Crippen LogP contribution in [0.3, 0.4) is 0 Å². The summed E-state index contributed by atoms with van der Waals surface area (Å²) in [5, 5.41) is 8.92. The standard InChI is InChI=1S/C14H15ClN4OS.ClH/c15-12-5-4-11(21-12)14-10(9-16-17-14)3-6-13(20)18-19-7-1-2-8-19;/h3-6,9H,1-2,7-8H2,(H,16,17)(H,18,20);1H/b6-3+;. The molecule has 1 aliphatic heterocycles. The quantitative estimate of drug-likeness (QED) is 0.823. The Labute approximate surface area is 143 Å². The molecular weight excluding hydrogens is 343 g/mol. The number of rotatable bonds is 4. The van der Waals surface area contributed by atoms with E-state index in [1.54, 1.807) is 12.3 Å². The van der Waals surface area contributed by atoms with E-state index in [1.165, 1.54) is 17.4 Å². The summed E-state index contributed by atoms with van der Waals surface area (Å²) >= 11 is 7.42. The van der Waals surface area contributed by atoms with Crippen molar-refractivity contribution >= 4 is 47.3 Å². The number of H-pyrrole nitrogens is 1. The zero-order chi connectivity index (χ0) is 14.7. The molecule has 3 heterocycles. The van der Waals surface area contributed by atoms with Crippen molar-refractivity contribution in [2.24, 2.45) is 0 Å². The fraction of sp³-hybridized carbons (Fsp3) is 0.286. The summed E-state index contributed by atoms with van der Waals surface area (Å²) in [5.74, 6) is -0.117. The van der Waals surface area contributed by atoms with Crippen molar-refractivity contribution < 1.29 is 4.79 Å². The van der Waals surface area contributed by atoms with Gasteiger partial charge < -0.3 is 0 Å². The van der Waals surface area contributed by atoms with E-state index in [1.807, 2.05) is 17.1 Å². The molecule has 2 aromatic rings. The van der Waals surface area contributed by atoms with Gasteiger partial charge in [0.15, 0.2) is 0 Å². The molecule has 0 spiro atoms. The Kier molecular flexibility index (Phi) is 6.02. The molecule has 0 unspecified atom stereocenters. The summed E-state index contributed by atoms with van der Waals surface area (Å²) < 4.78 is 0.723. The van der Waals surface area contributed by atoms with Crippen LogP contribution in [0.2, 0.25) is 4.34 Å². The fourth-order valence-corrected chi connectivity index (χ4v) is 3.32. The van der Waals surface area contributed by atoms with Crippen LogP contribution in [0.25, 0.3) is 16.6 Å². The molecule has 1 saturated heterocycles. The number of thiophene rings is 1. The second-order valence-electron chi connectivity index (χ2n) is 4.81. The topological polar surface area (TPSA) is 61.0 Å². The van der Waals surface area contributed by atoms with Crippen molar-refractivity contribution in [3.63, 3.8) is 0 Å². The lowest BCUT2D eigenvalue weighted by molar-refractivity contribution is -0.120. The van der Waals surface area contributed by atoms with Crippen LogP contribution < -0.4 is 5.43 Å². The third-order valence-corrected chi connectivity index (χ3v) is 4.53. The van der Waals surface area contributed by atoms with Crippen LogP contribution in [0.5, 0.6) is 0 Å². The highest BCUT2D eigenvalue weighted by molar-refractivity contribution is 7.19. The van der Waals surface area contributed by atoms with E-state index in [9.17, 15) is 4.79 Å². The number of nitrogens with zero attached hydrogens (tertiary/aromatic N) is 2. The van der Waals surface area contributed by atoms with Gasteiger partial charge in [0, 0.05) is 24.7 Å². The highest BCUT2D eigenvalue weighted by atomic mass is 35.5. The lowest BCUT2D eigenvalue weighted by atomic mass is 10.2. The summed E-state index contributed by atoms with van der Waals surface area (Å²) in [7, 11) is 0. The van der Waals surface area contributed by atoms with E-state index in [4.69, 9.17) is 11.6 Å². The van der Waals surface area contributed by atoms with Gasteiger partial charge in [0.25, 0.3) is 5.91 Å². The van der Waals surface area contributed by atoms with Gasteiger partial charge in [-0.05, 0) is 31.1 Å². The molecule has 5 nitrogen and oxygen atoms in total. The second-order valence-corrected chi connectivity index (χ2v) is 6.52. The average molecular weight is 359 g/mol. The minimum Gasteiger partial charge on any atom is -0.285 e. The van der Waals surface area contributed by atoms with E-state index < -0.39 is 0 Å². The van der Waals surface area contributed by atoms with E-state index >= 15 is 0 Å². The molecule has 1 fully saturated rings. The van der Waals surface area contributed by atoms with Crippen molar-refractivity contribution in [3.05, 3.63) is 34.3 Å². The maximum absolute atomic E-state index is 11.9. The van der Waals surface area contributed by atoms with Crippen LogP contribution in [-0.2, 0) is 4.79 Å². The SMILES string of the molecule is Cl.O=C(/C=C/c1cn[nH]c1-c1ccc(Cl)s1)NN1CCCC1. The molecule has 2 aromatic heterocycles. The van der Waals surface area contributed by atoms with Crippen LogP contribution >= 0.6 is 35.3 Å². The predicted molar refractivity (Wildman–Crippen MR) is 92.1 cm³/mol. The van der Waals surface area contributed by atoms with Crippen LogP contribution in [0.15, 0.2) is 24.4 Å². The smallest absolute Gasteiger partial charge is 0.258 e.